The molecule has 2 aromatic carbocycles. The van der Waals surface area contributed by atoms with Gasteiger partial charge in [-0.2, -0.15) is 0 Å². The van der Waals surface area contributed by atoms with E-state index < -0.39 is 33.4 Å². The van der Waals surface area contributed by atoms with Crippen LogP contribution in [0.5, 0.6) is 5.75 Å². The Morgan fingerprint density at radius 3 is 2.56 bits per heavy atom. The maximum Gasteiger partial charge on any atom is 0.338 e. The number of nitrogens with one attached hydrogen (secondary N) is 1. The lowest BCUT2D eigenvalue weighted by atomic mass is 10.2. The molecule has 0 atom stereocenters. The minimum Gasteiger partial charge on any atom is -0.492 e. The summed E-state index contributed by atoms with van der Waals surface area (Å²) in [7, 11) is -4.10. The molecule has 2 rings (SSSR count). The standard InChI is InChI=1S/C17H17ClN2O6S/c1-2-25-14-6-4-3-5-13(14)20-16(21)10-26-17(22)11-7-8-12(18)15(9-11)27(19,23)24/h3-9H,2,10H2,1H3,(H,20,21)(H2,19,23,24). The topological polar surface area (TPSA) is 125 Å². The van der Waals surface area contributed by atoms with E-state index in [0.717, 1.165) is 6.07 Å². The summed E-state index contributed by atoms with van der Waals surface area (Å²) in [6.07, 6.45) is 0. The third-order valence-corrected chi connectivity index (χ3v) is 4.66. The van der Waals surface area contributed by atoms with Crippen molar-refractivity contribution >= 4 is 39.2 Å². The molecule has 0 aliphatic carbocycles. The van der Waals surface area contributed by atoms with Crippen molar-refractivity contribution in [1.29, 1.82) is 0 Å². The number of benzene rings is 2. The Morgan fingerprint density at radius 2 is 1.89 bits per heavy atom. The summed E-state index contributed by atoms with van der Waals surface area (Å²) in [6.45, 7) is 1.65. The lowest BCUT2D eigenvalue weighted by molar-refractivity contribution is -0.119. The van der Waals surface area contributed by atoms with Crippen LogP contribution in [0.1, 0.15) is 17.3 Å². The van der Waals surface area contributed by atoms with Gasteiger partial charge in [-0.3, -0.25) is 4.79 Å². The molecule has 0 fully saturated rings. The number of primary sulfonamides is 1. The second-order valence-corrected chi connectivity index (χ2v) is 7.18. The van der Waals surface area contributed by atoms with E-state index in [-0.39, 0.29) is 10.6 Å². The molecule has 144 valence electrons. The molecule has 2 aromatic rings. The number of hydrogen-bond acceptors (Lipinski definition) is 6. The number of ether oxygens (including phenoxy) is 2. The van der Waals surface area contributed by atoms with E-state index in [9.17, 15) is 18.0 Å². The zero-order valence-corrected chi connectivity index (χ0v) is 15.8. The van der Waals surface area contributed by atoms with Crippen molar-refractivity contribution in [1.82, 2.24) is 0 Å². The Bertz CT molecular complexity index is 962. The van der Waals surface area contributed by atoms with Crippen molar-refractivity contribution in [3.05, 3.63) is 53.1 Å². The number of esters is 1. The number of amides is 1. The number of carbonyl (C=O) groups excluding carboxylic acids is 2. The van der Waals surface area contributed by atoms with Crippen molar-refractivity contribution in [2.24, 2.45) is 5.14 Å². The number of sulfonamides is 1. The number of halogens is 1. The van der Waals surface area contributed by atoms with Crippen LogP contribution in [0.3, 0.4) is 0 Å². The highest BCUT2D eigenvalue weighted by Crippen LogP contribution is 2.24. The smallest absolute Gasteiger partial charge is 0.338 e. The molecule has 0 saturated heterocycles. The van der Waals surface area contributed by atoms with Gasteiger partial charge in [0.1, 0.15) is 10.6 Å². The molecule has 10 heteroatoms. The maximum absolute atomic E-state index is 12.1. The van der Waals surface area contributed by atoms with Crippen molar-refractivity contribution in [2.45, 2.75) is 11.8 Å². The van der Waals surface area contributed by atoms with Crippen LogP contribution >= 0.6 is 11.6 Å². The lowest BCUT2D eigenvalue weighted by Crippen LogP contribution is -2.21. The van der Waals surface area contributed by atoms with Crippen LogP contribution in [-0.2, 0) is 19.6 Å². The average Bonchev–Trinajstić information content (AvgIpc) is 2.61. The van der Waals surface area contributed by atoms with Gasteiger partial charge in [0.25, 0.3) is 5.91 Å². The highest BCUT2D eigenvalue weighted by molar-refractivity contribution is 7.89. The molecule has 8 nitrogen and oxygen atoms in total. The summed E-state index contributed by atoms with van der Waals surface area (Å²) >= 11 is 5.76. The second-order valence-electron chi connectivity index (χ2n) is 5.24. The highest BCUT2D eigenvalue weighted by atomic mass is 35.5. The van der Waals surface area contributed by atoms with Gasteiger partial charge in [-0.1, -0.05) is 23.7 Å². The highest BCUT2D eigenvalue weighted by Gasteiger charge is 2.18. The molecule has 0 heterocycles. The second kappa shape index (κ2) is 8.85. The molecule has 3 N–H and O–H groups in total. The number of nitrogens with two attached hydrogens (primary N) is 1. The van der Waals surface area contributed by atoms with E-state index in [1.54, 1.807) is 24.3 Å². The van der Waals surface area contributed by atoms with Crippen LogP contribution in [0.2, 0.25) is 5.02 Å². The third kappa shape index (κ3) is 5.68. The minimum atomic E-state index is -4.10. The minimum absolute atomic E-state index is 0.106. The van der Waals surface area contributed by atoms with Crippen LogP contribution < -0.4 is 15.2 Å². The summed E-state index contributed by atoms with van der Waals surface area (Å²) in [6, 6.07) is 10.3. The fraction of sp³-hybridized carbons (Fsp3) is 0.176. The fourth-order valence-electron chi connectivity index (χ4n) is 2.10. The Morgan fingerprint density at radius 1 is 1.19 bits per heavy atom. The van der Waals surface area contributed by atoms with Crippen LogP contribution in [0.4, 0.5) is 5.69 Å². The number of hydrogen-bond donors (Lipinski definition) is 2. The molecule has 0 aliphatic heterocycles. The van der Waals surface area contributed by atoms with Crippen LogP contribution in [0, 0.1) is 0 Å². The Labute approximate surface area is 161 Å². The predicted octanol–water partition coefficient (Wildman–Crippen LogP) is 2.18. The van der Waals surface area contributed by atoms with Gasteiger partial charge < -0.3 is 14.8 Å². The van der Waals surface area contributed by atoms with Gasteiger partial charge in [0, 0.05) is 0 Å². The molecule has 0 aliphatic rings. The summed E-state index contributed by atoms with van der Waals surface area (Å²) in [5, 5.41) is 7.48. The van der Waals surface area contributed by atoms with Crippen LogP contribution in [0.15, 0.2) is 47.4 Å². The molecule has 0 aromatic heterocycles. The summed E-state index contributed by atoms with van der Waals surface area (Å²) < 4.78 is 33.2. The van der Waals surface area contributed by atoms with Crippen LogP contribution in [0.25, 0.3) is 0 Å². The first-order valence-electron chi connectivity index (χ1n) is 7.73. The molecule has 0 saturated carbocycles. The third-order valence-electron chi connectivity index (χ3n) is 3.27. The van der Waals surface area contributed by atoms with E-state index in [4.69, 9.17) is 26.2 Å². The number of rotatable bonds is 7. The van der Waals surface area contributed by atoms with E-state index in [0.29, 0.717) is 18.0 Å². The SMILES string of the molecule is CCOc1ccccc1NC(=O)COC(=O)c1ccc(Cl)c(S(N)(=O)=O)c1. The molecular formula is C17H17ClN2O6S. The van der Waals surface area contributed by atoms with E-state index in [1.807, 2.05) is 6.92 Å². The Kier molecular flexibility index (Phi) is 6.78. The predicted molar refractivity (Wildman–Crippen MR) is 99.3 cm³/mol. The van der Waals surface area contributed by atoms with Crippen molar-refractivity contribution in [3.63, 3.8) is 0 Å². The van der Waals surface area contributed by atoms with Gasteiger partial charge in [-0.15, -0.1) is 0 Å². The van der Waals surface area contributed by atoms with Crippen molar-refractivity contribution < 1.29 is 27.5 Å². The zero-order valence-electron chi connectivity index (χ0n) is 14.3. The summed E-state index contributed by atoms with van der Waals surface area (Å²) in [5.74, 6) is -1.00. The maximum atomic E-state index is 12.1. The molecule has 1 amide bonds. The zero-order chi connectivity index (χ0) is 20.0. The van der Waals surface area contributed by atoms with Crippen molar-refractivity contribution in [2.75, 3.05) is 18.5 Å². The number of para-hydroxylation sites is 2. The van der Waals surface area contributed by atoms with E-state index in [2.05, 4.69) is 5.32 Å². The normalized spacial score (nSPS) is 10.9. The molecule has 27 heavy (non-hydrogen) atoms. The quantitative estimate of drug-likeness (QED) is 0.671. The monoisotopic (exact) mass is 412 g/mol. The largest absolute Gasteiger partial charge is 0.492 e. The molecule has 0 radical (unpaired) electrons. The van der Waals surface area contributed by atoms with Gasteiger partial charge in [-0.05, 0) is 37.3 Å². The van der Waals surface area contributed by atoms with Gasteiger partial charge >= 0.3 is 5.97 Å². The Hall–Kier alpha value is -2.62. The molecule has 0 spiro atoms. The van der Waals surface area contributed by atoms with Gasteiger partial charge in [-0.25, -0.2) is 18.4 Å². The van der Waals surface area contributed by atoms with E-state index in [1.165, 1.54) is 12.1 Å². The van der Waals surface area contributed by atoms with Gasteiger partial charge in [0.2, 0.25) is 10.0 Å². The first-order chi connectivity index (χ1) is 12.7. The molecule has 0 bridgehead atoms. The Balaban J connectivity index is 2.03. The summed E-state index contributed by atoms with van der Waals surface area (Å²) in [5.41, 5.74) is 0.328. The molecule has 0 unspecified atom stereocenters. The first kappa shape index (κ1) is 20.7. The average molecular weight is 413 g/mol. The number of anilines is 1. The lowest BCUT2D eigenvalue weighted by Gasteiger charge is -2.11. The number of carbonyl (C=O) groups is 2. The van der Waals surface area contributed by atoms with Gasteiger partial charge in [0.15, 0.2) is 6.61 Å². The molecular weight excluding hydrogens is 396 g/mol. The van der Waals surface area contributed by atoms with Crippen molar-refractivity contribution in [3.8, 4) is 5.75 Å². The fourth-order valence-corrected chi connectivity index (χ4v) is 3.17. The summed E-state index contributed by atoms with van der Waals surface area (Å²) in [4.78, 5) is 23.7. The first-order valence-corrected chi connectivity index (χ1v) is 9.66. The van der Waals surface area contributed by atoms with Crippen LogP contribution in [-0.4, -0.2) is 33.5 Å². The van der Waals surface area contributed by atoms with E-state index >= 15 is 0 Å². The van der Waals surface area contributed by atoms with Gasteiger partial charge in [0.05, 0.1) is 22.9 Å².